The predicted octanol–water partition coefficient (Wildman–Crippen LogP) is 5.31. The first kappa shape index (κ1) is 17.5. The zero-order valence-corrected chi connectivity index (χ0v) is 15.3. The van der Waals surface area contributed by atoms with Crippen LogP contribution in [0.5, 0.6) is 0 Å². The van der Waals surface area contributed by atoms with Gasteiger partial charge < -0.3 is 10.3 Å². The Balaban J connectivity index is 0.000000880. The first-order valence-electron chi connectivity index (χ1n) is 8.49. The average Bonchev–Trinajstić information content (AvgIpc) is 3.21. The number of aromatic nitrogens is 1. The van der Waals surface area contributed by atoms with E-state index in [-0.39, 0.29) is 5.82 Å². The van der Waals surface area contributed by atoms with Crippen LogP contribution in [0, 0.1) is 12.7 Å². The van der Waals surface area contributed by atoms with E-state index < -0.39 is 0 Å². The van der Waals surface area contributed by atoms with Crippen molar-refractivity contribution in [1.29, 1.82) is 0 Å². The van der Waals surface area contributed by atoms with Crippen LogP contribution in [0.15, 0.2) is 41.4 Å². The third-order valence-corrected chi connectivity index (χ3v) is 4.31. The molecule has 5 heteroatoms. The first-order valence-corrected chi connectivity index (χ1v) is 8.87. The maximum Gasteiger partial charge on any atom is 0.130 e. The quantitative estimate of drug-likeness (QED) is 0.641. The Morgan fingerprint density at radius 1 is 1.08 bits per heavy atom. The molecule has 0 saturated heterocycles. The van der Waals surface area contributed by atoms with E-state index in [9.17, 15) is 4.39 Å². The molecule has 4 rings (SSSR count). The van der Waals surface area contributed by atoms with Crippen LogP contribution in [0.1, 0.15) is 25.1 Å². The van der Waals surface area contributed by atoms with Gasteiger partial charge in [-0.1, -0.05) is 31.5 Å². The van der Waals surface area contributed by atoms with Crippen molar-refractivity contribution in [1.82, 2.24) is 10.3 Å². The van der Waals surface area contributed by atoms with Crippen molar-refractivity contribution in [2.45, 2.75) is 20.8 Å². The topological polar surface area (TPSA) is 40.2 Å². The lowest BCUT2D eigenvalue weighted by Crippen LogP contribution is -2.19. The fourth-order valence-corrected chi connectivity index (χ4v) is 3.32. The highest BCUT2D eigenvalue weighted by Gasteiger charge is 2.17. The molecule has 25 heavy (non-hydrogen) atoms. The highest BCUT2D eigenvalue weighted by molar-refractivity contribution is 6.30. The highest BCUT2D eigenvalue weighted by Crippen LogP contribution is 2.30. The second-order valence-corrected chi connectivity index (χ2v) is 6.14. The summed E-state index contributed by atoms with van der Waals surface area (Å²) in [6, 6.07) is 10.6. The molecule has 0 spiro atoms. The van der Waals surface area contributed by atoms with Crippen LogP contribution in [0.25, 0.3) is 22.0 Å². The van der Waals surface area contributed by atoms with Gasteiger partial charge in [0.05, 0.1) is 6.54 Å². The van der Waals surface area contributed by atoms with Crippen LogP contribution in [0.4, 0.5) is 4.39 Å². The minimum atomic E-state index is -0.333. The largest absolute Gasteiger partial charge is 0.368 e. The molecule has 0 aliphatic carbocycles. The van der Waals surface area contributed by atoms with Crippen molar-refractivity contribution < 1.29 is 4.39 Å². The van der Waals surface area contributed by atoms with Crippen LogP contribution < -0.4 is 5.32 Å². The molecule has 0 fully saturated rings. The number of aryl methyl sites for hydroxylation is 1. The van der Waals surface area contributed by atoms with Gasteiger partial charge in [0.1, 0.15) is 11.7 Å². The number of hydrogen-bond donors (Lipinski definition) is 2. The van der Waals surface area contributed by atoms with Crippen molar-refractivity contribution in [3.05, 3.63) is 58.5 Å². The molecule has 0 atom stereocenters. The molecule has 1 aromatic heterocycles. The Hall–Kier alpha value is -2.33. The molecule has 0 saturated carbocycles. The van der Waals surface area contributed by atoms with E-state index in [1.807, 2.05) is 32.9 Å². The standard InChI is InChI=1S/C18H15ClFN3.C2H6/c1-10-17(18-21-4-5-22-18)15-8-11(2-3-16(15)23-10)12-6-13(19)9-14(20)7-12;1-2/h2-3,6-9,23H,4-5H2,1H3,(H,21,22);1-2H3. The van der Waals surface area contributed by atoms with Crippen LogP contribution in [-0.2, 0) is 0 Å². The van der Waals surface area contributed by atoms with Crippen LogP contribution in [0.2, 0.25) is 5.02 Å². The van der Waals surface area contributed by atoms with Crippen molar-refractivity contribution in [2.75, 3.05) is 13.1 Å². The van der Waals surface area contributed by atoms with Crippen molar-refractivity contribution >= 4 is 28.3 Å². The number of hydrogen-bond acceptors (Lipinski definition) is 2. The molecule has 3 aromatic rings. The third-order valence-electron chi connectivity index (χ3n) is 4.09. The number of halogens is 2. The number of H-pyrrole nitrogens is 1. The van der Waals surface area contributed by atoms with E-state index >= 15 is 0 Å². The highest BCUT2D eigenvalue weighted by atomic mass is 35.5. The summed E-state index contributed by atoms with van der Waals surface area (Å²) in [5.74, 6) is 0.586. The van der Waals surface area contributed by atoms with Gasteiger partial charge in [0.15, 0.2) is 0 Å². The predicted molar refractivity (Wildman–Crippen MR) is 104 cm³/mol. The monoisotopic (exact) mass is 357 g/mol. The van der Waals surface area contributed by atoms with Crippen molar-refractivity contribution in [2.24, 2.45) is 4.99 Å². The third kappa shape index (κ3) is 3.40. The molecular formula is C20H21ClFN3. The molecule has 0 radical (unpaired) electrons. The Bertz CT molecular complexity index is 923. The lowest BCUT2D eigenvalue weighted by Gasteiger charge is -2.06. The molecule has 130 valence electrons. The summed E-state index contributed by atoms with van der Waals surface area (Å²) >= 11 is 5.98. The number of aliphatic imine (C=N–C) groups is 1. The van der Waals surface area contributed by atoms with Gasteiger partial charge in [-0.2, -0.15) is 0 Å². The molecule has 0 unspecified atom stereocenters. The SMILES string of the molecule is CC.Cc1[nH]c2ccc(-c3cc(F)cc(Cl)c3)cc2c1C1=NCCN1. The Labute approximate surface area is 151 Å². The lowest BCUT2D eigenvalue weighted by atomic mass is 10.0. The van der Waals surface area contributed by atoms with Gasteiger partial charge in [0.25, 0.3) is 0 Å². The summed E-state index contributed by atoms with van der Waals surface area (Å²) in [4.78, 5) is 7.91. The van der Waals surface area contributed by atoms with Gasteiger partial charge in [0, 0.05) is 33.7 Å². The van der Waals surface area contributed by atoms with Gasteiger partial charge in [-0.3, -0.25) is 4.99 Å². The van der Waals surface area contributed by atoms with E-state index in [0.29, 0.717) is 5.02 Å². The number of nitrogens with one attached hydrogen (secondary N) is 2. The minimum absolute atomic E-state index is 0.333. The zero-order chi connectivity index (χ0) is 18.0. The summed E-state index contributed by atoms with van der Waals surface area (Å²) in [7, 11) is 0. The minimum Gasteiger partial charge on any atom is -0.368 e. The van der Waals surface area contributed by atoms with Gasteiger partial charge in [-0.05, 0) is 48.4 Å². The van der Waals surface area contributed by atoms with Crippen molar-refractivity contribution in [3.63, 3.8) is 0 Å². The number of amidine groups is 1. The van der Waals surface area contributed by atoms with E-state index in [4.69, 9.17) is 11.6 Å². The second-order valence-electron chi connectivity index (χ2n) is 5.70. The van der Waals surface area contributed by atoms with Crippen LogP contribution in [-0.4, -0.2) is 23.9 Å². The fraction of sp³-hybridized carbons (Fsp3) is 0.250. The van der Waals surface area contributed by atoms with Gasteiger partial charge in [-0.15, -0.1) is 0 Å². The summed E-state index contributed by atoms with van der Waals surface area (Å²) in [5.41, 5.74) is 4.89. The van der Waals surface area contributed by atoms with E-state index in [2.05, 4.69) is 21.4 Å². The number of rotatable bonds is 2. The molecule has 1 aliphatic heterocycles. The fourth-order valence-electron chi connectivity index (χ4n) is 3.10. The summed E-state index contributed by atoms with van der Waals surface area (Å²) in [6.45, 7) is 7.69. The second kappa shape index (κ2) is 7.28. The van der Waals surface area contributed by atoms with Crippen LogP contribution in [0.3, 0.4) is 0 Å². The zero-order valence-electron chi connectivity index (χ0n) is 14.6. The smallest absolute Gasteiger partial charge is 0.130 e. The summed E-state index contributed by atoms with van der Waals surface area (Å²) in [6.07, 6.45) is 0. The van der Waals surface area contributed by atoms with Crippen molar-refractivity contribution in [3.8, 4) is 11.1 Å². The molecule has 2 N–H and O–H groups in total. The molecule has 0 bridgehead atoms. The molecule has 3 nitrogen and oxygen atoms in total. The van der Waals surface area contributed by atoms with E-state index in [1.165, 1.54) is 12.1 Å². The molecule has 2 heterocycles. The molecule has 0 amide bonds. The normalized spacial score (nSPS) is 13.2. The Morgan fingerprint density at radius 2 is 1.88 bits per heavy atom. The molecular weight excluding hydrogens is 337 g/mol. The van der Waals surface area contributed by atoms with Gasteiger partial charge in [-0.25, -0.2) is 4.39 Å². The summed E-state index contributed by atoms with van der Waals surface area (Å²) in [5, 5.41) is 4.79. The van der Waals surface area contributed by atoms with Gasteiger partial charge in [0.2, 0.25) is 0 Å². The van der Waals surface area contributed by atoms with Gasteiger partial charge >= 0.3 is 0 Å². The lowest BCUT2D eigenvalue weighted by molar-refractivity contribution is 0.628. The number of fused-ring (bicyclic) bond motifs is 1. The number of aromatic amines is 1. The van der Waals surface area contributed by atoms with Crippen LogP contribution >= 0.6 is 11.6 Å². The van der Waals surface area contributed by atoms with E-state index in [1.54, 1.807) is 6.07 Å². The average molecular weight is 358 g/mol. The Kier molecular flexibility index (Phi) is 5.09. The van der Waals surface area contributed by atoms with E-state index in [0.717, 1.165) is 52.2 Å². The maximum atomic E-state index is 13.6. The molecule has 2 aromatic carbocycles. The Morgan fingerprint density at radius 3 is 2.56 bits per heavy atom. The first-order chi connectivity index (χ1) is 12.1. The maximum absolute atomic E-state index is 13.6. The summed E-state index contributed by atoms with van der Waals surface area (Å²) < 4.78 is 13.6. The number of benzene rings is 2. The molecule has 1 aliphatic rings. The number of nitrogens with zero attached hydrogens (tertiary/aromatic N) is 1.